The van der Waals surface area contributed by atoms with E-state index in [1.165, 1.54) is 8.61 Å². The molecule has 2 heterocycles. The second kappa shape index (κ2) is 8.14. The topological polar surface area (TPSA) is 98.4 Å². The molecule has 0 unspecified atom stereocenters. The van der Waals surface area contributed by atoms with Gasteiger partial charge >= 0.3 is 10.2 Å². The van der Waals surface area contributed by atoms with Crippen LogP contribution in [0.1, 0.15) is 41.1 Å². The summed E-state index contributed by atoms with van der Waals surface area (Å²) in [5.41, 5.74) is 3.34. The van der Waals surface area contributed by atoms with E-state index in [1.807, 2.05) is 19.9 Å². The standard InChI is InChI=1S/C21H24ClN5O3S/c1-13-11-15(5-8-19(13)27-10-4-9-26(3)31(27,29)30)21(28)23-14(2)20-24-17-7-6-16(22)12-18(17)25-20/h5-8,11-12,14H,4,9-10H2,1-3H3,(H,23,28)(H,24,25)/t14-/m0/s1. The predicted molar refractivity (Wildman–Crippen MR) is 122 cm³/mol. The summed E-state index contributed by atoms with van der Waals surface area (Å²) in [5.74, 6) is 0.362. The Morgan fingerprint density at radius 1 is 1.23 bits per heavy atom. The summed E-state index contributed by atoms with van der Waals surface area (Å²) in [6.45, 7) is 4.58. The van der Waals surface area contributed by atoms with Crippen LogP contribution in [0.4, 0.5) is 5.69 Å². The number of nitrogens with zero attached hydrogens (tertiary/aromatic N) is 3. The number of rotatable bonds is 4. The number of hydrogen-bond donors (Lipinski definition) is 2. The molecule has 1 aromatic heterocycles. The molecule has 164 valence electrons. The van der Waals surface area contributed by atoms with Gasteiger partial charge in [0, 0.05) is 30.7 Å². The number of carbonyl (C=O) groups excluding carboxylic acids is 1. The fraction of sp³-hybridized carbons (Fsp3) is 0.333. The number of hydrogen-bond acceptors (Lipinski definition) is 4. The first-order valence-corrected chi connectivity index (χ1v) is 11.7. The molecule has 0 bridgehead atoms. The largest absolute Gasteiger partial charge is 0.342 e. The molecule has 31 heavy (non-hydrogen) atoms. The highest BCUT2D eigenvalue weighted by atomic mass is 35.5. The molecular weight excluding hydrogens is 438 g/mol. The summed E-state index contributed by atoms with van der Waals surface area (Å²) in [6, 6.07) is 10.1. The van der Waals surface area contributed by atoms with Crippen LogP contribution in [-0.4, -0.2) is 48.7 Å². The average Bonchev–Trinajstić information content (AvgIpc) is 3.13. The highest BCUT2D eigenvalue weighted by Crippen LogP contribution is 2.28. The lowest BCUT2D eigenvalue weighted by molar-refractivity contribution is 0.0938. The van der Waals surface area contributed by atoms with E-state index in [-0.39, 0.29) is 11.9 Å². The second-order valence-electron chi connectivity index (χ2n) is 7.73. The van der Waals surface area contributed by atoms with Crippen LogP contribution in [0, 0.1) is 6.92 Å². The molecule has 0 aliphatic carbocycles. The third kappa shape index (κ3) is 4.13. The minimum absolute atomic E-state index is 0.265. The molecule has 1 atom stereocenters. The van der Waals surface area contributed by atoms with Crippen LogP contribution in [0.5, 0.6) is 0 Å². The van der Waals surface area contributed by atoms with Gasteiger partial charge in [0.25, 0.3) is 5.91 Å². The van der Waals surface area contributed by atoms with Gasteiger partial charge in [0.1, 0.15) is 5.82 Å². The number of nitrogens with one attached hydrogen (secondary N) is 2. The molecule has 2 N–H and O–H groups in total. The summed E-state index contributed by atoms with van der Waals surface area (Å²) in [4.78, 5) is 20.5. The molecule has 4 rings (SSSR count). The number of benzene rings is 2. The lowest BCUT2D eigenvalue weighted by Gasteiger charge is -2.34. The summed E-state index contributed by atoms with van der Waals surface area (Å²) in [5, 5.41) is 3.54. The van der Waals surface area contributed by atoms with E-state index >= 15 is 0 Å². The van der Waals surface area contributed by atoms with Gasteiger partial charge in [0.15, 0.2) is 0 Å². The molecule has 2 aromatic carbocycles. The summed E-state index contributed by atoms with van der Waals surface area (Å²) < 4.78 is 28.0. The fourth-order valence-electron chi connectivity index (χ4n) is 3.71. The van der Waals surface area contributed by atoms with Crippen LogP contribution in [-0.2, 0) is 10.2 Å². The number of carbonyl (C=O) groups is 1. The van der Waals surface area contributed by atoms with Crippen molar-refractivity contribution in [1.29, 1.82) is 0 Å². The van der Waals surface area contributed by atoms with Gasteiger partial charge in [-0.3, -0.25) is 9.10 Å². The first kappa shape index (κ1) is 21.6. The molecule has 0 radical (unpaired) electrons. The summed E-state index contributed by atoms with van der Waals surface area (Å²) >= 11 is 6.02. The zero-order valence-corrected chi connectivity index (χ0v) is 19.1. The maximum atomic E-state index is 12.8. The maximum Gasteiger partial charge on any atom is 0.303 e. The number of halogens is 1. The monoisotopic (exact) mass is 461 g/mol. The molecule has 1 fully saturated rings. The summed E-state index contributed by atoms with van der Waals surface area (Å²) in [7, 11) is -1.96. The van der Waals surface area contributed by atoms with Crippen molar-refractivity contribution in [3.05, 3.63) is 58.4 Å². The smallest absolute Gasteiger partial charge is 0.303 e. The molecule has 1 aliphatic rings. The van der Waals surface area contributed by atoms with Crippen LogP contribution < -0.4 is 9.62 Å². The Labute approximate surface area is 186 Å². The number of aryl methyl sites for hydroxylation is 1. The molecule has 0 saturated carbocycles. The first-order valence-electron chi connectivity index (χ1n) is 9.97. The van der Waals surface area contributed by atoms with Gasteiger partial charge in [-0.25, -0.2) is 4.98 Å². The Bertz CT molecular complexity index is 1260. The number of imidazole rings is 1. The van der Waals surface area contributed by atoms with Crippen LogP contribution in [0.3, 0.4) is 0 Å². The average molecular weight is 462 g/mol. The molecule has 1 aliphatic heterocycles. The molecular formula is C21H24ClN5O3S. The zero-order valence-electron chi connectivity index (χ0n) is 17.5. The molecule has 0 spiro atoms. The van der Waals surface area contributed by atoms with E-state index in [9.17, 15) is 13.2 Å². The van der Waals surface area contributed by atoms with E-state index in [0.29, 0.717) is 35.2 Å². The number of amides is 1. The van der Waals surface area contributed by atoms with Gasteiger partial charge in [-0.1, -0.05) is 11.6 Å². The molecule has 10 heteroatoms. The van der Waals surface area contributed by atoms with Crippen LogP contribution >= 0.6 is 11.6 Å². The molecule has 1 amide bonds. The lowest BCUT2D eigenvalue weighted by atomic mass is 10.1. The minimum Gasteiger partial charge on any atom is -0.342 e. The molecule has 8 nitrogen and oxygen atoms in total. The Balaban J connectivity index is 1.53. The Kier molecular flexibility index (Phi) is 5.67. The Morgan fingerprint density at radius 3 is 2.74 bits per heavy atom. The van der Waals surface area contributed by atoms with E-state index in [0.717, 1.165) is 23.0 Å². The quantitative estimate of drug-likeness (QED) is 0.622. The number of aromatic amines is 1. The zero-order chi connectivity index (χ0) is 22.3. The Hall–Kier alpha value is -2.62. The van der Waals surface area contributed by atoms with Crippen molar-refractivity contribution in [2.45, 2.75) is 26.3 Å². The Morgan fingerprint density at radius 2 is 2.00 bits per heavy atom. The predicted octanol–water partition coefficient (Wildman–Crippen LogP) is 3.40. The first-order chi connectivity index (χ1) is 14.7. The van der Waals surface area contributed by atoms with Gasteiger partial charge < -0.3 is 10.3 Å². The lowest BCUT2D eigenvalue weighted by Crippen LogP contribution is -2.48. The van der Waals surface area contributed by atoms with Crippen LogP contribution in [0.2, 0.25) is 5.02 Å². The SMILES string of the molecule is Cc1cc(C(=O)N[C@@H](C)c2nc3ccc(Cl)cc3[nH]2)ccc1N1CCCN(C)S1(=O)=O. The van der Waals surface area contributed by atoms with Crippen molar-refractivity contribution < 1.29 is 13.2 Å². The normalized spacial score (nSPS) is 17.6. The van der Waals surface area contributed by atoms with E-state index in [1.54, 1.807) is 37.4 Å². The number of H-pyrrole nitrogens is 1. The van der Waals surface area contributed by atoms with Gasteiger partial charge in [-0.2, -0.15) is 12.7 Å². The minimum atomic E-state index is -3.54. The van der Waals surface area contributed by atoms with Crippen LogP contribution in [0.25, 0.3) is 11.0 Å². The van der Waals surface area contributed by atoms with Crippen molar-refractivity contribution >= 4 is 44.4 Å². The van der Waals surface area contributed by atoms with E-state index in [2.05, 4.69) is 15.3 Å². The van der Waals surface area contributed by atoms with E-state index < -0.39 is 10.2 Å². The number of anilines is 1. The third-order valence-corrected chi connectivity index (χ3v) is 7.60. The molecule has 3 aromatic rings. The van der Waals surface area contributed by atoms with Crippen molar-refractivity contribution in [3.8, 4) is 0 Å². The van der Waals surface area contributed by atoms with Crippen molar-refractivity contribution in [2.75, 3.05) is 24.4 Å². The van der Waals surface area contributed by atoms with Crippen molar-refractivity contribution in [2.24, 2.45) is 0 Å². The van der Waals surface area contributed by atoms with E-state index in [4.69, 9.17) is 11.6 Å². The highest BCUT2D eigenvalue weighted by Gasteiger charge is 2.32. The third-order valence-electron chi connectivity index (χ3n) is 5.45. The summed E-state index contributed by atoms with van der Waals surface area (Å²) in [6.07, 6.45) is 0.748. The second-order valence-corrected chi connectivity index (χ2v) is 10.1. The fourth-order valence-corrected chi connectivity index (χ4v) is 5.39. The van der Waals surface area contributed by atoms with Gasteiger partial charge in [-0.05, 0) is 62.2 Å². The molecule has 1 saturated heterocycles. The highest BCUT2D eigenvalue weighted by molar-refractivity contribution is 7.90. The van der Waals surface area contributed by atoms with Gasteiger partial charge in [0.2, 0.25) is 0 Å². The van der Waals surface area contributed by atoms with Crippen LogP contribution in [0.15, 0.2) is 36.4 Å². The van der Waals surface area contributed by atoms with Gasteiger partial charge in [0.05, 0.1) is 22.8 Å². The van der Waals surface area contributed by atoms with Crippen molar-refractivity contribution in [3.63, 3.8) is 0 Å². The maximum absolute atomic E-state index is 12.8. The number of fused-ring (bicyclic) bond motifs is 1. The number of aromatic nitrogens is 2. The van der Waals surface area contributed by atoms with Crippen molar-refractivity contribution in [1.82, 2.24) is 19.6 Å². The van der Waals surface area contributed by atoms with Gasteiger partial charge in [-0.15, -0.1) is 0 Å².